The van der Waals surface area contributed by atoms with Gasteiger partial charge in [0.05, 0.1) is 5.41 Å². The minimum Gasteiger partial charge on any atom is -0.208 e. The van der Waals surface area contributed by atoms with E-state index in [2.05, 4.69) is 249 Å². The second-order valence-electron chi connectivity index (χ2n) is 17.1. The van der Waals surface area contributed by atoms with Crippen molar-refractivity contribution in [1.82, 2.24) is 15.0 Å². The summed E-state index contributed by atoms with van der Waals surface area (Å²) < 4.78 is 0. The van der Waals surface area contributed by atoms with E-state index in [0.29, 0.717) is 17.5 Å². The summed E-state index contributed by atoms with van der Waals surface area (Å²) in [5.41, 5.74) is 19.1. The highest BCUT2D eigenvalue weighted by atomic mass is 15.0. The molecule has 11 aromatic rings. The smallest absolute Gasteiger partial charge is 0.164 e. The van der Waals surface area contributed by atoms with E-state index in [9.17, 15) is 0 Å². The average Bonchev–Trinajstić information content (AvgIpc) is 3.73. The molecule has 0 saturated heterocycles. The zero-order chi connectivity index (χ0) is 44.6. The fourth-order valence-electron chi connectivity index (χ4n) is 10.1. The van der Waals surface area contributed by atoms with E-state index in [1.165, 1.54) is 50.1 Å². The van der Waals surface area contributed by atoms with Crippen LogP contribution in [0.1, 0.15) is 22.3 Å². The van der Waals surface area contributed by atoms with Crippen molar-refractivity contribution in [2.24, 2.45) is 0 Å². The number of hydrogen-bond donors (Lipinski definition) is 0. The molecule has 67 heavy (non-hydrogen) atoms. The van der Waals surface area contributed by atoms with Crippen molar-refractivity contribution >= 4 is 0 Å². The predicted octanol–water partition coefficient (Wildman–Crippen LogP) is 15.9. The molecule has 0 unspecified atom stereocenters. The third-order valence-corrected chi connectivity index (χ3v) is 13.2. The van der Waals surface area contributed by atoms with Gasteiger partial charge in [-0.15, -0.1) is 0 Å². The molecular formula is C64H43N3. The molecule has 10 aromatic carbocycles. The van der Waals surface area contributed by atoms with Crippen LogP contribution in [0.3, 0.4) is 0 Å². The van der Waals surface area contributed by atoms with E-state index < -0.39 is 5.41 Å². The Morgan fingerprint density at radius 2 is 0.567 bits per heavy atom. The van der Waals surface area contributed by atoms with E-state index in [1.54, 1.807) is 0 Å². The van der Waals surface area contributed by atoms with E-state index >= 15 is 0 Å². The number of hydrogen-bond acceptors (Lipinski definition) is 3. The molecule has 12 rings (SSSR count). The zero-order valence-corrected chi connectivity index (χ0v) is 36.7. The SMILES string of the molecule is c1ccc(-c2ccc(-c3nc(-c4ccc(-c5ccccc5)cc4)nc(-c4cccc(-c5cccc(-c6cccc7c6-c6ccccc6C7(c6ccccc6)c6ccccc6)c5)c4)n3)cc2)cc1. The van der Waals surface area contributed by atoms with Crippen LogP contribution in [0.25, 0.3) is 89.8 Å². The van der Waals surface area contributed by atoms with Crippen molar-refractivity contribution in [3.8, 4) is 89.8 Å². The van der Waals surface area contributed by atoms with Crippen LogP contribution in [0.4, 0.5) is 0 Å². The van der Waals surface area contributed by atoms with Gasteiger partial charge >= 0.3 is 0 Å². The fourth-order valence-corrected chi connectivity index (χ4v) is 10.1. The Hall–Kier alpha value is -8.79. The quantitative estimate of drug-likeness (QED) is 0.145. The lowest BCUT2D eigenvalue weighted by Gasteiger charge is -2.34. The van der Waals surface area contributed by atoms with E-state index in [1.807, 2.05) is 12.1 Å². The largest absolute Gasteiger partial charge is 0.208 e. The highest BCUT2D eigenvalue weighted by molar-refractivity contribution is 5.96. The summed E-state index contributed by atoms with van der Waals surface area (Å²) in [6.45, 7) is 0. The molecule has 0 atom stereocenters. The number of aromatic nitrogens is 3. The zero-order valence-electron chi connectivity index (χ0n) is 36.7. The van der Waals surface area contributed by atoms with Crippen LogP contribution in [0, 0.1) is 0 Å². The second-order valence-corrected chi connectivity index (χ2v) is 17.1. The minimum absolute atomic E-state index is 0.466. The van der Waals surface area contributed by atoms with Crippen molar-refractivity contribution in [3.05, 3.63) is 283 Å². The van der Waals surface area contributed by atoms with Crippen LogP contribution in [-0.2, 0) is 5.41 Å². The molecule has 3 heteroatoms. The van der Waals surface area contributed by atoms with E-state index in [-0.39, 0.29) is 0 Å². The highest BCUT2D eigenvalue weighted by Gasteiger charge is 2.46. The molecule has 0 radical (unpaired) electrons. The standard InChI is InChI=1S/C64H43N3/c1-5-18-44(19-6-1)46-34-38-48(39-35-46)61-65-62(49-40-36-47(37-41-49)45-20-7-2-8-21-45)67-63(66-61)53-25-16-23-51(43-53)50-22-15-24-52(42-50)56-31-17-33-59-60(56)57-30-13-14-32-58(57)64(59,54-26-9-3-10-27-54)55-28-11-4-12-29-55/h1-43H. The van der Waals surface area contributed by atoms with Gasteiger partial charge < -0.3 is 0 Å². The summed E-state index contributed by atoms with van der Waals surface area (Å²) in [4.78, 5) is 15.4. The molecule has 1 heterocycles. The summed E-state index contributed by atoms with van der Waals surface area (Å²) in [5.74, 6) is 1.87. The van der Waals surface area contributed by atoms with Gasteiger partial charge in [-0.3, -0.25) is 0 Å². The molecule has 314 valence electrons. The lowest BCUT2D eigenvalue weighted by molar-refractivity contribution is 0.768. The lowest BCUT2D eigenvalue weighted by Crippen LogP contribution is -2.28. The molecule has 3 nitrogen and oxygen atoms in total. The van der Waals surface area contributed by atoms with Crippen LogP contribution >= 0.6 is 0 Å². The van der Waals surface area contributed by atoms with Crippen molar-refractivity contribution in [2.75, 3.05) is 0 Å². The number of fused-ring (bicyclic) bond motifs is 3. The first-order chi connectivity index (χ1) is 33.2. The predicted molar refractivity (Wildman–Crippen MR) is 275 cm³/mol. The van der Waals surface area contributed by atoms with Crippen LogP contribution in [0.15, 0.2) is 261 Å². The van der Waals surface area contributed by atoms with Gasteiger partial charge in [0, 0.05) is 16.7 Å². The normalized spacial score (nSPS) is 12.3. The Bertz CT molecular complexity index is 3390. The first-order valence-corrected chi connectivity index (χ1v) is 22.8. The minimum atomic E-state index is -0.466. The average molecular weight is 854 g/mol. The third kappa shape index (κ3) is 7.15. The Kier molecular flexibility index (Phi) is 10.1. The third-order valence-electron chi connectivity index (χ3n) is 13.2. The van der Waals surface area contributed by atoms with Gasteiger partial charge in [0.2, 0.25) is 0 Å². The molecule has 0 saturated carbocycles. The van der Waals surface area contributed by atoms with E-state index in [4.69, 9.17) is 15.0 Å². The Morgan fingerprint density at radius 1 is 0.224 bits per heavy atom. The molecule has 0 spiro atoms. The lowest BCUT2D eigenvalue weighted by atomic mass is 9.67. The summed E-state index contributed by atoms with van der Waals surface area (Å²) in [6, 6.07) is 93.2. The van der Waals surface area contributed by atoms with Gasteiger partial charge in [0.1, 0.15) is 0 Å². The van der Waals surface area contributed by atoms with Crippen LogP contribution in [0.5, 0.6) is 0 Å². The summed E-state index contributed by atoms with van der Waals surface area (Å²) in [6.07, 6.45) is 0. The molecule has 0 aliphatic heterocycles. The number of benzene rings is 10. The van der Waals surface area contributed by atoms with Gasteiger partial charge in [-0.05, 0) is 90.0 Å². The monoisotopic (exact) mass is 853 g/mol. The second kappa shape index (κ2) is 17.0. The van der Waals surface area contributed by atoms with Crippen LogP contribution < -0.4 is 0 Å². The van der Waals surface area contributed by atoms with Crippen molar-refractivity contribution in [3.63, 3.8) is 0 Å². The molecule has 0 bridgehead atoms. The maximum Gasteiger partial charge on any atom is 0.164 e. The van der Waals surface area contributed by atoms with E-state index in [0.717, 1.165) is 44.5 Å². The van der Waals surface area contributed by atoms with Gasteiger partial charge in [-0.25, -0.2) is 15.0 Å². The topological polar surface area (TPSA) is 38.7 Å². The molecule has 1 aliphatic rings. The van der Waals surface area contributed by atoms with Gasteiger partial charge in [-0.1, -0.05) is 249 Å². The molecule has 0 N–H and O–H groups in total. The number of nitrogens with zero attached hydrogens (tertiary/aromatic N) is 3. The van der Waals surface area contributed by atoms with Crippen molar-refractivity contribution < 1.29 is 0 Å². The van der Waals surface area contributed by atoms with Crippen LogP contribution in [-0.4, -0.2) is 15.0 Å². The Morgan fingerprint density at radius 3 is 1.10 bits per heavy atom. The summed E-state index contributed by atoms with van der Waals surface area (Å²) >= 11 is 0. The van der Waals surface area contributed by atoms with Gasteiger partial charge in [-0.2, -0.15) is 0 Å². The maximum absolute atomic E-state index is 5.17. The first-order valence-electron chi connectivity index (χ1n) is 22.8. The first kappa shape index (κ1) is 39.8. The van der Waals surface area contributed by atoms with Crippen LogP contribution in [0.2, 0.25) is 0 Å². The summed E-state index contributed by atoms with van der Waals surface area (Å²) in [5, 5.41) is 0. The molecular weight excluding hydrogens is 811 g/mol. The van der Waals surface area contributed by atoms with Gasteiger partial charge in [0.25, 0.3) is 0 Å². The molecule has 1 aromatic heterocycles. The molecule has 0 fully saturated rings. The molecule has 1 aliphatic carbocycles. The summed E-state index contributed by atoms with van der Waals surface area (Å²) in [7, 11) is 0. The Balaban J connectivity index is 0.954. The fraction of sp³-hybridized carbons (Fsp3) is 0.0156. The van der Waals surface area contributed by atoms with Crippen molar-refractivity contribution in [1.29, 1.82) is 0 Å². The highest BCUT2D eigenvalue weighted by Crippen LogP contribution is 2.58. The molecule has 0 amide bonds. The van der Waals surface area contributed by atoms with Gasteiger partial charge in [0.15, 0.2) is 17.5 Å². The number of rotatable bonds is 9. The maximum atomic E-state index is 5.17. The van der Waals surface area contributed by atoms with Crippen molar-refractivity contribution in [2.45, 2.75) is 5.41 Å². The Labute approximate surface area is 391 Å².